The lowest BCUT2D eigenvalue weighted by atomic mass is 10.1. The number of halogens is 1. The molecule has 0 fully saturated rings. The maximum Gasteiger partial charge on any atom is 0.255 e. The third kappa shape index (κ3) is 5.67. The average molecular weight is 347 g/mol. The lowest BCUT2D eigenvalue weighted by Gasteiger charge is -2.11. The number of carbonyl (C=O) groups excluding carboxylic acids is 1. The van der Waals surface area contributed by atoms with E-state index in [1.54, 1.807) is 37.4 Å². The summed E-state index contributed by atoms with van der Waals surface area (Å²) >= 11 is 0. The van der Waals surface area contributed by atoms with E-state index in [4.69, 9.17) is 14.2 Å². The first kappa shape index (κ1) is 18.6. The standard InChI is InChI=1S/C19H22FNO4/c1-23-16-9-10-18(24-2)17(13-16)19(22)21-11-3-4-12-25-15-7-5-14(20)6-8-15/h5-10,13H,3-4,11-12H2,1-2H3,(H,21,22). The van der Waals surface area contributed by atoms with Crippen LogP contribution in [0.3, 0.4) is 0 Å². The second-order valence-corrected chi connectivity index (χ2v) is 5.33. The Bertz CT molecular complexity index is 688. The van der Waals surface area contributed by atoms with Crippen molar-refractivity contribution in [2.45, 2.75) is 12.8 Å². The zero-order chi connectivity index (χ0) is 18.1. The summed E-state index contributed by atoms with van der Waals surface area (Å²) in [5, 5.41) is 2.85. The van der Waals surface area contributed by atoms with Crippen molar-refractivity contribution in [3.63, 3.8) is 0 Å². The number of rotatable bonds is 9. The molecular weight excluding hydrogens is 325 g/mol. The number of hydrogen-bond acceptors (Lipinski definition) is 4. The lowest BCUT2D eigenvalue weighted by Crippen LogP contribution is -2.25. The first-order valence-electron chi connectivity index (χ1n) is 8.02. The molecular formula is C19H22FNO4. The smallest absolute Gasteiger partial charge is 0.255 e. The summed E-state index contributed by atoms with van der Waals surface area (Å²) in [6, 6.07) is 11.0. The van der Waals surface area contributed by atoms with Crippen LogP contribution in [-0.2, 0) is 0 Å². The van der Waals surface area contributed by atoms with Crippen LogP contribution in [0, 0.1) is 5.82 Å². The SMILES string of the molecule is COc1ccc(OC)c(C(=O)NCCCCOc2ccc(F)cc2)c1. The minimum atomic E-state index is -0.289. The van der Waals surface area contributed by atoms with Crippen molar-refractivity contribution in [1.29, 1.82) is 0 Å². The van der Waals surface area contributed by atoms with Gasteiger partial charge in [0.25, 0.3) is 5.91 Å². The Balaban J connectivity index is 1.72. The van der Waals surface area contributed by atoms with Gasteiger partial charge in [-0.3, -0.25) is 4.79 Å². The van der Waals surface area contributed by atoms with Gasteiger partial charge < -0.3 is 19.5 Å². The van der Waals surface area contributed by atoms with Crippen molar-refractivity contribution in [2.24, 2.45) is 0 Å². The van der Waals surface area contributed by atoms with Gasteiger partial charge in [0, 0.05) is 6.54 Å². The van der Waals surface area contributed by atoms with Gasteiger partial charge in [0.2, 0.25) is 0 Å². The second kappa shape index (κ2) is 9.52. The van der Waals surface area contributed by atoms with Crippen LogP contribution in [0.1, 0.15) is 23.2 Å². The molecule has 0 radical (unpaired) electrons. The summed E-state index contributed by atoms with van der Waals surface area (Å²) in [5.74, 6) is 1.22. The molecule has 0 heterocycles. The van der Waals surface area contributed by atoms with Crippen LogP contribution < -0.4 is 19.5 Å². The van der Waals surface area contributed by atoms with Crippen molar-refractivity contribution in [3.8, 4) is 17.2 Å². The van der Waals surface area contributed by atoms with E-state index >= 15 is 0 Å². The minimum absolute atomic E-state index is 0.213. The number of benzene rings is 2. The highest BCUT2D eigenvalue weighted by atomic mass is 19.1. The molecule has 0 aliphatic carbocycles. The summed E-state index contributed by atoms with van der Waals surface area (Å²) in [6.45, 7) is 1.02. The van der Waals surface area contributed by atoms with E-state index < -0.39 is 0 Å². The molecule has 0 aliphatic rings. The van der Waals surface area contributed by atoms with Crippen LogP contribution in [0.15, 0.2) is 42.5 Å². The lowest BCUT2D eigenvalue weighted by molar-refractivity contribution is 0.0949. The van der Waals surface area contributed by atoms with Gasteiger partial charge in [-0.05, 0) is 55.3 Å². The number of hydrogen-bond donors (Lipinski definition) is 1. The highest BCUT2D eigenvalue weighted by Crippen LogP contribution is 2.23. The van der Waals surface area contributed by atoms with Crippen molar-refractivity contribution in [1.82, 2.24) is 5.32 Å². The number of methoxy groups -OCH3 is 2. The molecule has 134 valence electrons. The normalized spacial score (nSPS) is 10.2. The molecule has 0 aromatic heterocycles. The van der Waals surface area contributed by atoms with Gasteiger partial charge in [-0.2, -0.15) is 0 Å². The Labute approximate surface area is 146 Å². The molecule has 0 saturated carbocycles. The Kier molecular flexibility index (Phi) is 7.07. The molecule has 2 aromatic rings. The van der Waals surface area contributed by atoms with Gasteiger partial charge in [0.15, 0.2) is 0 Å². The van der Waals surface area contributed by atoms with Crippen LogP contribution in [0.2, 0.25) is 0 Å². The van der Waals surface area contributed by atoms with E-state index in [9.17, 15) is 9.18 Å². The largest absolute Gasteiger partial charge is 0.497 e. The van der Waals surface area contributed by atoms with E-state index in [0.29, 0.717) is 36.0 Å². The van der Waals surface area contributed by atoms with Gasteiger partial charge in [-0.25, -0.2) is 4.39 Å². The Morgan fingerprint density at radius 2 is 1.72 bits per heavy atom. The predicted octanol–water partition coefficient (Wildman–Crippen LogP) is 3.43. The molecule has 6 heteroatoms. The van der Waals surface area contributed by atoms with E-state index in [1.807, 2.05) is 0 Å². The van der Waals surface area contributed by atoms with Crippen molar-refractivity contribution >= 4 is 5.91 Å². The molecule has 0 aliphatic heterocycles. The number of nitrogens with one attached hydrogen (secondary N) is 1. The first-order valence-corrected chi connectivity index (χ1v) is 8.02. The Hall–Kier alpha value is -2.76. The molecule has 2 rings (SSSR count). The first-order chi connectivity index (χ1) is 12.1. The average Bonchev–Trinajstić information content (AvgIpc) is 2.65. The molecule has 25 heavy (non-hydrogen) atoms. The number of unbranched alkanes of at least 4 members (excludes halogenated alkanes) is 1. The molecule has 0 unspecified atom stereocenters. The fourth-order valence-corrected chi connectivity index (χ4v) is 2.24. The summed E-state index contributed by atoms with van der Waals surface area (Å²) in [7, 11) is 3.07. The van der Waals surface area contributed by atoms with Gasteiger partial charge in [0.1, 0.15) is 23.1 Å². The topological polar surface area (TPSA) is 56.8 Å². The summed E-state index contributed by atoms with van der Waals surface area (Å²) in [4.78, 5) is 12.3. The fourth-order valence-electron chi connectivity index (χ4n) is 2.24. The number of amides is 1. The van der Waals surface area contributed by atoms with Crippen LogP contribution >= 0.6 is 0 Å². The van der Waals surface area contributed by atoms with Gasteiger partial charge in [-0.15, -0.1) is 0 Å². The zero-order valence-corrected chi connectivity index (χ0v) is 14.4. The van der Waals surface area contributed by atoms with E-state index in [-0.39, 0.29) is 11.7 Å². The second-order valence-electron chi connectivity index (χ2n) is 5.33. The van der Waals surface area contributed by atoms with Crippen molar-refractivity contribution in [2.75, 3.05) is 27.4 Å². The summed E-state index contributed by atoms with van der Waals surface area (Å²) in [6.07, 6.45) is 1.53. The molecule has 2 aromatic carbocycles. The molecule has 1 amide bonds. The molecule has 1 N–H and O–H groups in total. The van der Waals surface area contributed by atoms with Crippen molar-refractivity contribution in [3.05, 3.63) is 53.8 Å². The molecule has 0 bridgehead atoms. The van der Waals surface area contributed by atoms with E-state index in [2.05, 4.69) is 5.32 Å². The summed E-state index contributed by atoms with van der Waals surface area (Å²) < 4.78 is 28.6. The fraction of sp³-hybridized carbons (Fsp3) is 0.316. The van der Waals surface area contributed by atoms with Crippen molar-refractivity contribution < 1.29 is 23.4 Å². The number of carbonyl (C=O) groups is 1. The van der Waals surface area contributed by atoms with E-state index in [1.165, 1.54) is 19.2 Å². The molecule has 5 nitrogen and oxygen atoms in total. The quantitative estimate of drug-likeness (QED) is 0.706. The van der Waals surface area contributed by atoms with Gasteiger partial charge >= 0.3 is 0 Å². The monoisotopic (exact) mass is 347 g/mol. The molecule has 0 atom stereocenters. The minimum Gasteiger partial charge on any atom is -0.497 e. The highest BCUT2D eigenvalue weighted by molar-refractivity contribution is 5.97. The van der Waals surface area contributed by atoms with Crippen LogP contribution in [0.25, 0.3) is 0 Å². The summed E-state index contributed by atoms with van der Waals surface area (Å²) in [5.41, 5.74) is 0.435. The number of ether oxygens (including phenoxy) is 3. The maximum absolute atomic E-state index is 12.8. The van der Waals surface area contributed by atoms with Gasteiger partial charge in [-0.1, -0.05) is 0 Å². The van der Waals surface area contributed by atoms with Crippen LogP contribution in [0.5, 0.6) is 17.2 Å². The Morgan fingerprint density at radius 1 is 1.00 bits per heavy atom. The third-order valence-corrected chi connectivity index (χ3v) is 3.59. The zero-order valence-electron chi connectivity index (χ0n) is 14.4. The predicted molar refractivity (Wildman–Crippen MR) is 93.0 cm³/mol. The Morgan fingerprint density at radius 3 is 2.40 bits per heavy atom. The highest BCUT2D eigenvalue weighted by Gasteiger charge is 2.13. The third-order valence-electron chi connectivity index (χ3n) is 3.59. The van der Waals surface area contributed by atoms with Crippen LogP contribution in [0.4, 0.5) is 4.39 Å². The maximum atomic E-state index is 12.8. The van der Waals surface area contributed by atoms with Crippen LogP contribution in [-0.4, -0.2) is 33.3 Å². The molecule has 0 spiro atoms. The molecule has 0 saturated heterocycles. The van der Waals surface area contributed by atoms with Gasteiger partial charge in [0.05, 0.1) is 26.4 Å². The van der Waals surface area contributed by atoms with E-state index in [0.717, 1.165) is 12.8 Å².